The molecule has 1 N–H and O–H groups in total. The van der Waals surface area contributed by atoms with E-state index in [4.69, 9.17) is 0 Å². The molecule has 1 fully saturated rings. The normalized spacial score (nSPS) is 25.9. The smallest absolute Gasteiger partial charge is 0.308 e. The molecule has 0 spiro atoms. The summed E-state index contributed by atoms with van der Waals surface area (Å²) in [7, 11) is -3.60. The van der Waals surface area contributed by atoms with E-state index in [-0.39, 0.29) is 19.0 Å². The van der Waals surface area contributed by atoms with Crippen LogP contribution in [0, 0.1) is 11.8 Å². The third kappa shape index (κ3) is 2.65. The van der Waals surface area contributed by atoms with Crippen LogP contribution in [0.2, 0.25) is 0 Å². The molecule has 22 heavy (non-hydrogen) atoms. The second-order valence-corrected chi connectivity index (χ2v) is 8.32. The van der Waals surface area contributed by atoms with Crippen molar-refractivity contribution in [1.29, 1.82) is 0 Å². The van der Waals surface area contributed by atoms with Gasteiger partial charge in [-0.25, -0.2) is 8.42 Å². The van der Waals surface area contributed by atoms with Crippen LogP contribution < -0.4 is 0 Å². The van der Waals surface area contributed by atoms with E-state index in [1.165, 1.54) is 9.87 Å². The zero-order valence-electron chi connectivity index (χ0n) is 12.7. The number of sulfonamides is 1. The van der Waals surface area contributed by atoms with Gasteiger partial charge in [-0.2, -0.15) is 4.31 Å². The fourth-order valence-corrected chi connectivity index (χ4v) is 5.08. The molecule has 2 atom stereocenters. The van der Waals surface area contributed by atoms with Gasteiger partial charge in [0.1, 0.15) is 0 Å². The third-order valence-corrected chi connectivity index (χ3v) is 6.68. The van der Waals surface area contributed by atoms with Crippen molar-refractivity contribution in [3.05, 3.63) is 29.3 Å². The van der Waals surface area contributed by atoms with Crippen LogP contribution in [0.5, 0.6) is 0 Å². The Morgan fingerprint density at radius 2 is 1.86 bits per heavy atom. The Hall–Kier alpha value is -1.40. The van der Waals surface area contributed by atoms with E-state index in [9.17, 15) is 18.3 Å². The van der Waals surface area contributed by atoms with E-state index in [0.717, 1.165) is 31.2 Å². The molecule has 1 aliphatic heterocycles. The van der Waals surface area contributed by atoms with Gasteiger partial charge in [0.15, 0.2) is 0 Å². The summed E-state index contributed by atoms with van der Waals surface area (Å²) >= 11 is 0. The second-order valence-electron chi connectivity index (χ2n) is 6.38. The lowest BCUT2D eigenvalue weighted by atomic mass is 9.92. The number of carbonyl (C=O) groups is 1. The van der Waals surface area contributed by atoms with Crippen molar-refractivity contribution in [1.82, 2.24) is 4.31 Å². The summed E-state index contributed by atoms with van der Waals surface area (Å²) in [5, 5.41) is 9.17. The molecule has 0 bridgehead atoms. The zero-order valence-corrected chi connectivity index (χ0v) is 13.5. The number of fused-ring (bicyclic) bond motifs is 1. The average molecular weight is 323 g/mol. The Labute approximate surface area is 131 Å². The number of rotatable bonds is 3. The van der Waals surface area contributed by atoms with Gasteiger partial charge in [-0.1, -0.05) is 13.0 Å². The maximum atomic E-state index is 12.8. The molecule has 1 aromatic rings. The van der Waals surface area contributed by atoms with E-state index in [1.54, 1.807) is 19.1 Å². The van der Waals surface area contributed by atoms with Crippen LogP contribution in [0.3, 0.4) is 0 Å². The van der Waals surface area contributed by atoms with Crippen molar-refractivity contribution < 1.29 is 18.3 Å². The number of aliphatic carboxylic acids is 1. The van der Waals surface area contributed by atoms with E-state index in [1.807, 2.05) is 6.07 Å². The Morgan fingerprint density at radius 1 is 1.18 bits per heavy atom. The molecule has 1 saturated heterocycles. The van der Waals surface area contributed by atoms with Gasteiger partial charge < -0.3 is 5.11 Å². The Morgan fingerprint density at radius 3 is 2.50 bits per heavy atom. The van der Waals surface area contributed by atoms with Gasteiger partial charge in [0.25, 0.3) is 0 Å². The SMILES string of the molecule is C[C@@H]1CN(S(=O)(=O)c2ccc3c(c2)CCCC3)C[C@H]1C(=O)O. The van der Waals surface area contributed by atoms with Gasteiger partial charge in [-0.15, -0.1) is 0 Å². The molecule has 6 heteroatoms. The fraction of sp³-hybridized carbons (Fsp3) is 0.562. The molecular weight excluding hydrogens is 302 g/mol. The average Bonchev–Trinajstić information content (AvgIpc) is 2.89. The molecule has 0 radical (unpaired) electrons. The minimum atomic E-state index is -3.60. The monoisotopic (exact) mass is 323 g/mol. The van der Waals surface area contributed by atoms with Crippen molar-refractivity contribution in [3.63, 3.8) is 0 Å². The van der Waals surface area contributed by atoms with Crippen LogP contribution in [0.15, 0.2) is 23.1 Å². The molecular formula is C16H21NO4S. The molecule has 0 aromatic heterocycles. The summed E-state index contributed by atoms with van der Waals surface area (Å²) in [6, 6.07) is 5.36. The van der Waals surface area contributed by atoms with E-state index >= 15 is 0 Å². The molecule has 0 amide bonds. The maximum absolute atomic E-state index is 12.8. The lowest BCUT2D eigenvalue weighted by molar-refractivity contribution is -0.142. The van der Waals surface area contributed by atoms with Gasteiger partial charge in [0, 0.05) is 13.1 Å². The number of hydrogen-bond acceptors (Lipinski definition) is 3. The minimum Gasteiger partial charge on any atom is -0.481 e. The van der Waals surface area contributed by atoms with Crippen LogP contribution in [-0.4, -0.2) is 36.9 Å². The second kappa shape index (κ2) is 5.66. The summed E-state index contributed by atoms with van der Waals surface area (Å²) < 4.78 is 26.9. The highest BCUT2D eigenvalue weighted by atomic mass is 32.2. The first-order valence-electron chi connectivity index (χ1n) is 7.74. The van der Waals surface area contributed by atoms with Gasteiger partial charge in [0.2, 0.25) is 10.0 Å². The lowest BCUT2D eigenvalue weighted by Crippen LogP contribution is -2.30. The van der Waals surface area contributed by atoms with E-state index < -0.39 is 21.9 Å². The molecule has 2 aliphatic rings. The quantitative estimate of drug-likeness (QED) is 0.922. The number of carboxylic acid groups (broad SMARTS) is 1. The molecule has 5 nitrogen and oxygen atoms in total. The summed E-state index contributed by atoms with van der Waals surface area (Å²) in [6.07, 6.45) is 4.19. The highest BCUT2D eigenvalue weighted by molar-refractivity contribution is 7.89. The van der Waals surface area contributed by atoms with Gasteiger partial charge in [-0.3, -0.25) is 4.79 Å². The highest BCUT2D eigenvalue weighted by Gasteiger charge is 2.40. The standard InChI is InChI=1S/C16H21NO4S/c1-11-9-17(10-15(11)16(18)19)22(20,21)14-7-6-12-4-2-3-5-13(12)8-14/h6-8,11,15H,2-5,9-10H2,1H3,(H,18,19)/t11-,15-/m1/s1. The van der Waals surface area contributed by atoms with Crippen LogP contribution in [0.25, 0.3) is 0 Å². The van der Waals surface area contributed by atoms with Crippen molar-refractivity contribution in [2.24, 2.45) is 11.8 Å². The Bertz CT molecular complexity index is 698. The van der Waals surface area contributed by atoms with Gasteiger partial charge in [0.05, 0.1) is 10.8 Å². The lowest BCUT2D eigenvalue weighted by Gasteiger charge is -2.20. The summed E-state index contributed by atoms with van der Waals surface area (Å²) in [5.41, 5.74) is 2.36. The van der Waals surface area contributed by atoms with E-state index in [0.29, 0.717) is 4.90 Å². The van der Waals surface area contributed by atoms with Crippen molar-refractivity contribution in [2.45, 2.75) is 37.5 Å². The molecule has 0 saturated carbocycles. The molecule has 120 valence electrons. The zero-order chi connectivity index (χ0) is 15.9. The number of carboxylic acids is 1. The number of benzene rings is 1. The van der Waals surface area contributed by atoms with Crippen LogP contribution in [0.1, 0.15) is 30.9 Å². The van der Waals surface area contributed by atoms with Crippen molar-refractivity contribution in [2.75, 3.05) is 13.1 Å². The number of nitrogens with zero attached hydrogens (tertiary/aromatic N) is 1. The van der Waals surface area contributed by atoms with Crippen LogP contribution >= 0.6 is 0 Å². The summed E-state index contributed by atoms with van der Waals surface area (Å²) in [5.74, 6) is -1.70. The first-order valence-corrected chi connectivity index (χ1v) is 9.18. The molecule has 1 aromatic carbocycles. The van der Waals surface area contributed by atoms with Crippen LogP contribution in [-0.2, 0) is 27.7 Å². The van der Waals surface area contributed by atoms with Crippen LogP contribution in [0.4, 0.5) is 0 Å². The minimum absolute atomic E-state index is 0.0654. The first-order chi connectivity index (χ1) is 10.4. The van der Waals surface area contributed by atoms with Gasteiger partial charge >= 0.3 is 5.97 Å². The molecule has 3 rings (SSSR count). The summed E-state index contributed by atoms with van der Waals surface area (Å²) in [6.45, 7) is 2.13. The Kier molecular flexibility index (Phi) is 3.99. The molecule has 1 aliphatic carbocycles. The number of hydrogen-bond donors (Lipinski definition) is 1. The predicted octanol–water partition coefficient (Wildman–Crippen LogP) is 1.91. The summed E-state index contributed by atoms with van der Waals surface area (Å²) in [4.78, 5) is 11.5. The van der Waals surface area contributed by atoms with Gasteiger partial charge in [-0.05, 0) is 54.9 Å². The number of aryl methyl sites for hydroxylation is 2. The largest absolute Gasteiger partial charge is 0.481 e. The molecule has 0 unspecified atom stereocenters. The van der Waals surface area contributed by atoms with Crippen molar-refractivity contribution >= 4 is 16.0 Å². The molecule has 1 heterocycles. The Balaban J connectivity index is 1.89. The third-order valence-electron chi connectivity index (χ3n) is 4.85. The fourth-order valence-electron chi connectivity index (χ4n) is 3.46. The first kappa shape index (κ1) is 15.5. The maximum Gasteiger partial charge on any atom is 0.308 e. The topological polar surface area (TPSA) is 74.7 Å². The predicted molar refractivity (Wildman–Crippen MR) is 82.1 cm³/mol. The highest BCUT2D eigenvalue weighted by Crippen LogP contribution is 2.30. The van der Waals surface area contributed by atoms with Crippen molar-refractivity contribution in [3.8, 4) is 0 Å². The van der Waals surface area contributed by atoms with E-state index in [2.05, 4.69) is 0 Å².